The average Bonchev–Trinajstić information content (AvgIpc) is 2.80. The molecule has 0 aliphatic carbocycles. The Morgan fingerprint density at radius 2 is 1.83 bits per heavy atom. The number of benzene rings is 1. The number of carbonyl (C=O) groups excluding carboxylic acids is 1. The standard InChI is InChI=1S/C24H25FN4O/c25-20-11-9-18(10-12-20)16-29-15-5-6-19(17-29)23(21-7-1-3-13-26-21)28-24(30)22-8-2-4-14-27-22/h1-4,7-14,19,23H,5-6,15-17H2,(H,28,30). The first-order valence-electron chi connectivity index (χ1n) is 10.3. The van der Waals surface area contributed by atoms with Crippen LogP contribution in [0.1, 0.15) is 40.6 Å². The Morgan fingerprint density at radius 1 is 1.07 bits per heavy atom. The van der Waals surface area contributed by atoms with Crippen molar-refractivity contribution in [3.8, 4) is 0 Å². The Labute approximate surface area is 176 Å². The van der Waals surface area contributed by atoms with E-state index in [4.69, 9.17) is 0 Å². The van der Waals surface area contributed by atoms with Crippen molar-refractivity contribution in [1.29, 1.82) is 0 Å². The first-order valence-corrected chi connectivity index (χ1v) is 10.3. The van der Waals surface area contributed by atoms with Crippen molar-refractivity contribution >= 4 is 5.91 Å². The number of hydrogen-bond acceptors (Lipinski definition) is 4. The van der Waals surface area contributed by atoms with E-state index < -0.39 is 0 Å². The molecule has 5 nitrogen and oxygen atoms in total. The summed E-state index contributed by atoms with van der Waals surface area (Å²) >= 11 is 0. The summed E-state index contributed by atoms with van der Waals surface area (Å²) in [5, 5.41) is 3.17. The molecular weight excluding hydrogens is 379 g/mol. The maximum absolute atomic E-state index is 13.2. The highest BCUT2D eigenvalue weighted by atomic mass is 19.1. The van der Waals surface area contributed by atoms with Crippen LogP contribution in [0, 0.1) is 11.7 Å². The third-order valence-electron chi connectivity index (χ3n) is 5.52. The van der Waals surface area contributed by atoms with Crippen molar-refractivity contribution in [3.63, 3.8) is 0 Å². The van der Waals surface area contributed by atoms with Gasteiger partial charge < -0.3 is 5.32 Å². The summed E-state index contributed by atoms with van der Waals surface area (Å²) in [7, 11) is 0. The molecule has 1 amide bonds. The molecule has 3 heterocycles. The summed E-state index contributed by atoms with van der Waals surface area (Å²) in [6.45, 7) is 2.58. The number of amides is 1. The molecule has 1 aromatic carbocycles. The quantitative estimate of drug-likeness (QED) is 0.675. The molecule has 154 valence electrons. The first kappa shape index (κ1) is 20.2. The van der Waals surface area contributed by atoms with Gasteiger partial charge in [-0.2, -0.15) is 0 Å². The second-order valence-electron chi connectivity index (χ2n) is 7.68. The third kappa shape index (κ3) is 5.07. The Hall–Kier alpha value is -3.12. The molecule has 4 rings (SSSR count). The van der Waals surface area contributed by atoms with E-state index in [1.54, 1.807) is 24.5 Å². The molecule has 2 aromatic heterocycles. The van der Waals surface area contributed by atoms with Gasteiger partial charge in [-0.1, -0.05) is 24.3 Å². The van der Waals surface area contributed by atoms with E-state index in [0.717, 1.165) is 43.7 Å². The van der Waals surface area contributed by atoms with Crippen LogP contribution in [-0.2, 0) is 6.54 Å². The lowest BCUT2D eigenvalue weighted by atomic mass is 9.88. The largest absolute Gasteiger partial charge is 0.342 e. The summed E-state index contributed by atoms with van der Waals surface area (Å²) in [5.41, 5.74) is 2.34. The summed E-state index contributed by atoms with van der Waals surface area (Å²) in [5.74, 6) is -0.189. The van der Waals surface area contributed by atoms with Crippen LogP contribution in [0.4, 0.5) is 4.39 Å². The molecule has 0 radical (unpaired) electrons. The van der Waals surface area contributed by atoms with Crippen molar-refractivity contribution in [1.82, 2.24) is 20.2 Å². The molecular formula is C24H25FN4O. The zero-order chi connectivity index (χ0) is 20.8. The van der Waals surface area contributed by atoms with E-state index in [1.807, 2.05) is 36.4 Å². The summed E-state index contributed by atoms with van der Waals surface area (Å²) < 4.78 is 13.2. The van der Waals surface area contributed by atoms with Crippen LogP contribution in [0.25, 0.3) is 0 Å². The number of rotatable bonds is 6. The predicted octanol–water partition coefficient (Wildman–Crippen LogP) is 4.00. The normalized spacial score (nSPS) is 18.0. The number of likely N-dealkylation sites (tertiary alicyclic amines) is 1. The van der Waals surface area contributed by atoms with E-state index in [1.165, 1.54) is 12.1 Å². The fourth-order valence-corrected chi connectivity index (χ4v) is 4.06. The number of nitrogens with zero attached hydrogens (tertiary/aromatic N) is 3. The van der Waals surface area contributed by atoms with Crippen molar-refractivity contribution in [2.45, 2.75) is 25.4 Å². The fourth-order valence-electron chi connectivity index (χ4n) is 4.06. The Kier molecular flexibility index (Phi) is 6.44. The molecule has 2 atom stereocenters. The third-order valence-corrected chi connectivity index (χ3v) is 5.52. The molecule has 30 heavy (non-hydrogen) atoms. The van der Waals surface area contributed by atoms with Crippen LogP contribution in [0.15, 0.2) is 73.1 Å². The van der Waals surface area contributed by atoms with Gasteiger partial charge >= 0.3 is 0 Å². The van der Waals surface area contributed by atoms with E-state index in [-0.39, 0.29) is 23.7 Å². The van der Waals surface area contributed by atoms with Gasteiger partial charge in [0.25, 0.3) is 5.91 Å². The van der Waals surface area contributed by atoms with Gasteiger partial charge in [-0.05, 0) is 67.3 Å². The molecule has 3 aromatic rings. The second-order valence-corrected chi connectivity index (χ2v) is 7.68. The molecule has 1 aliphatic rings. The van der Waals surface area contributed by atoms with Gasteiger partial charge in [0.05, 0.1) is 11.7 Å². The van der Waals surface area contributed by atoms with Gasteiger partial charge in [0, 0.05) is 25.5 Å². The topological polar surface area (TPSA) is 58.1 Å². The Balaban J connectivity index is 1.51. The smallest absolute Gasteiger partial charge is 0.270 e. The van der Waals surface area contributed by atoms with Crippen LogP contribution in [-0.4, -0.2) is 33.9 Å². The second kappa shape index (κ2) is 9.59. The fraction of sp³-hybridized carbons (Fsp3) is 0.292. The van der Waals surface area contributed by atoms with Gasteiger partial charge in [0.15, 0.2) is 0 Å². The van der Waals surface area contributed by atoms with Crippen LogP contribution in [0.2, 0.25) is 0 Å². The van der Waals surface area contributed by atoms with E-state index >= 15 is 0 Å². The molecule has 2 unspecified atom stereocenters. The molecule has 1 saturated heterocycles. The number of carbonyl (C=O) groups is 1. The molecule has 1 fully saturated rings. The molecule has 6 heteroatoms. The zero-order valence-corrected chi connectivity index (χ0v) is 16.7. The lowest BCUT2D eigenvalue weighted by molar-refractivity contribution is 0.0870. The van der Waals surface area contributed by atoms with E-state index in [2.05, 4.69) is 20.2 Å². The van der Waals surface area contributed by atoms with Crippen LogP contribution >= 0.6 is 0 Å². The molecule has 0 spiro atoms. The molecule has 0 saturated carbocycles. The maximum atomic E-state index is 13.2. The van der Waals surface area contributed by atoms with Gasteiger partial charge in [0.1, 0.15) is 11.5 Å². The molecule has 0 bridgehead atoms. The summed E-state index contributed by atoms with van der Waals surface area (Å²) in [6.07, 6.45) is 5.42. The number of piperidine rings is 1. The molecule has 1 aliphatic heterocycles. The number of nitrogens with one attached hydrogen (secondary N) is 1. The first-order chi connectivity index (χ1) is 14.7. The number of aromatic nitrogens is 2. The van der Waals surface area contributed by atoms with Gasteiger partial charge in [-0.25, -0.2) is 4.39 Å². The highest BCUT2D eigenvalue weighted by Gasteiger charge is 2.30. The predicted molar refractivity (Wildman–Crippen MR) is 113 cm³/mol. The highest BCUT2D eigenvalue weighted by molar-refractivity contribution is 5.92. The minimum atomic E-state index is -0.220. The number of hydrogen-bond donors (Lipinski definition) is 1. The minimum absolute atomic E-state index is 0.193. The minimum Gasteiger partial charge on any atom is -0.342 e. The Morgan fingerprint density at radius 3 is 2.53 bits per heavy atom. The lowest BCUT2D eigenvalue weighted by Crippen LogP contribution is -2.43. The van der Waals surface area contributed by atoms with Crippen LogP contribution < -0.4 is 5.32 Å². The van der Waals surface area contributed by atoms with Gasteiger partial charge in [0.2, 0.25) is 0 Å². The SMILES string of the molecule is O=C(NC(c1ccccn1)C1CCCN(Cc2ccc(F)cc2)C1)c1ccccn1. The van der Waals surface area contributed by atoms with Crippen LogP contribution in [0.5, 0.6) is 0 Å². The monoisotopic (exact) mass is 404 g/mol. The summed E-state index contributed by atoms with van der Waals surface area (Å²) in [4.78, 5) is 23.9. The van der Waals surface area contributed by atoms with Crippen molar-refractivity contribution in [3.05, 3.63) is 95.8 Å². The van der Waals surface area contributed by atoms with Crippen LogP contribution in [0.3, 0.4) is 0 Å². The number of halogens is 1. The van der Waals surface area contributed by atoms with E-state index in [0.29, 0.717) is 5.69 Å². The number of pyridine rings is 2. The highest BCUT2D eigenvalue weighted by Crippen LogP contribution is 2.30. The summed E-state index contributed by atoms with van der Waals surface area (Å²) in [6, 6.07) is 17.6. The molecule has 1 N–H and O–H groups in total. The lowest BCUT2D eigenvalue weighted by Gasteiger charge is -2.37. The van der Waals surface area contributed by atoms with Gasteiger partial charge in [-0.15, -0.1) is 0 Å². The Bertz CT molecular complexity index is 950. The van der Waals surface area contributed by atoms with Crippen molar-refractivity contribution in [2.75, 3.05) is 13.1 Å². The zero-order valence-electron chi connectivity index (χ0n) is 16.7. The van der Waals surface area contributed by atoms with Crippen molar-refractivity contribution < 1.29 is 9.18 Å². The average molecular weight is 404 g/mol. The van der Waals surface area contributed by atoms with E-state index in [9.17, 15) is 9.18 Å². The van der Waals surface area contributed by atoms with Crippen molar-refractivity contribution in [2.24, 2.45) is 5.92 Å². The maximum Gasteiger partial charge on any atom is 0.270 e. The van der Waals surface area contributed by atoms with Gasteiger partial charge in [-0.3, -0.25) is 19.7 Å².